The Morgan fingerprint density at radius 1 is 1.56 bits per heavy atom. The van der Waals surface area contributed by atoms with Crippen LogP contribution in [0.15, 0.2) is 4.52 Å². The molecule has 102 valence electrons. The Hall–Kier alpha value is -0.980. The lowest BCUT2D eigenvalue weighted by atomic mass is 10.2. The molecule has 2 heterocycles. The van der Waals surface area contributed by atoms with Crippen molar-refractivity contribution in [3.05, 3.63) is 11.7 Å². The Balaban J connectivity index is 2.00. The van der Waals surface area contributed by atoms with E-state index in [4.69, 9.17) is 15.0 Å². The van der Waals surface area contributed by atoms with Gasteiger partial charge in [0.1, 0.15) is 6.10 Å². The number of hydrogen-bond donors (Lipinski definition) is 1. The summed E-state index contributed by atoms with van der Waals surface area (Å²) in [5.41, 5.74) is 5.59. The van der Waals surface area contributed by atoms with Crippen molar-refractivity contribution in [2.24, 2.45) is 5.73 Å². The van der Waals surface area contributed by atoms with Crippen LogP contribution in [0, 0.1) is 0 Å². The molecule has 2 atom stereocenters. The minimum Gasteiger partial charge on any atom is -0.367 e. The minimum absolute atomic E-state index is 0.0761. The Labute approximate surface area is 107 Å². The summed E-state index contributed by atoms with van der Waals surface area (Å²) in [5, 5.41) is 4.01. The van der Waals surface area contributed by atoms with Gasteiger partial charge in [0, 0.05) is 25.6 Å². The molecule has 2 N–H and O–H groups in total. The number of nitrogens with zero attached hydrogens (tertiary/aromatic N) is 3. The van der Waals surface area contributed by atoms with Crippen molar-refractivity contribution in [3.8, 4) is 0 Å². The zero-order chi connectivity index (χ0) is 13.0. The van der Waals surface area contributed by atoms with Crippen LogP contribution in [-0.4, -0.2) is 47.8 Å². The number of morpholine rings is 1. The summed E-state index contributed by atoms with van der Waals surface area (Å²) in [5.74, 6) is 1.34. The highest BCUT2D eigenvalue weighted by Crippen LogP contribution is 2.21. The van der Waals surface area contributed by atoms with Gasteiger partial charge in [-0.25, -0.2) is 0 Å². The number of nitrogens with two attached hydrogens (primary N) is 1. The van der Waals surface area contributed by atoms with E-state index in [1.165, 1.54) is 0 Å². The topological polar surface area (TPSA) is 77.4 Å². The van der Waals surface area contributed by atoms with Crippen LogP contribution in [0.25, 0.3) is 0 Å². The zero-order valence-electron chi connectivity index (χ0n) is 11.1. The molecule has 0 aromatic carbocycles. The van der Waals surface area contributed by atoms with Gasteiger partial charge < -0.3 is 15.0 Å². The molecule has 0 bridgehead atoms. The number of rotatable bonds is 5. The van der Waals surface area contributed by atoms with E-state index >= 15 is 0 Å². The Kier molecular flexibility index (Phi) is 4.68. The number of ether oxygens (including phenoxy) is 1. The van der Waals surface area contributed by atoms with Crippen LogP contribution in [0.1, 0.15) is 44.0 Å². The monoisotopic (exact) mass is 254 g/mol. The van der Waals surface area contributed by atoms with E-state index in [9.17, 15) is 0 Å². The fraction of sp³-hybridized carbons (Fsp3) is 0.833. The standard InChI is InChI=1S/C12H22N4O2/c1-3-4-16-5-6-17-10(8-16)11-14-12(18-15-11)9(2)7-13/h9-10H,3-8,13H2,1-2H3. The second kappa shape index (κ2) is 6.26. The highest BCUT2D eigenvalue weighted by molar-refractivity contribution is 4.97. The van der Waals surface area contributed by atoms with Gasteiger partial charge in [-0.3, -0.25) is 4.90 Å². The molecule has 2 unspecified atom stereocenters. The molecule has 0 amide bonds. The summed E-state index contributed by atoms with van der Waals surface area (Å²) in [6, 6.07) is 0. The highest BCUT2D eigenvalue weighted by atomic mass is 16.5. The van der Waals surface area contributed by atoms with Gasteiger partial charge >= 0.3 is 0 Å². The van der Waals surface area contributed by atoms with Crippen LogP contribution in [-0.2, 0) is 4.74 Å². The van der Waals surface area contributed by atoms with Crippen molar-refractivity contribution in [1.29, 1.82) is 0 Å². The number of hydrogen-bond acceptors (Lipinski definition) is 6. The summed E-state index contributed by atoms with van der Waals surface area (Å²) in [6.07, 6.45) is 1.07. The van der Waals surface area contributed by atoms with Crippen LogP contribution < -0.4 is 5.73 Å². The van der Waals surface area contributed by atoms with Crippen LogP contribution in [0.4, 0.5) is 0 Å². The number of aromatic nitrogens is 2. The maximum Gasteiger partial charge on any atom is 0.230 e. The van der Waals surface area contributed by atoms with Crippen LogP contribution in [0.5, 0.6) is 0 Å². The van der Waals surface area contributed by atoms with E-state index in [0.29, 0.717) is 18.3 Å². The molecule has 1 fully saturated rings. The fourth-order valence-electron chi connectivity index (χ4n) is 2.06. The lowest BCUT2D eigenvalue weighted by Gasteiger charge is -2.30. The van der Waals surface area contributed by atoms with Crippen molar-refractivity contribution >= 4 is 0 Å². The van der Waals surface area contributed by atoms with Gasteiger partial charge in [0.25, 0.3) is 0 Å². The van der Waals surface area contributed by atoms with Crippen LogP contribution in [0.2, 0.25) is 0 Å². The second-order valence-electron chi connectivity index (χ2n) is 4.79. The summed E-state index contributed by atoms with van der Waals surface area (Å²) in [7, 11) is 0. The van der Waals surface area contributed by atoms with E-state index in [1.807, 2.05) is 6.92 Å². The molecular weight excluding hydrogens is 232 g/mol. The first kappa shape index (κ1) is 13.5. The maximum atomic E-state index is 5.71. The maximum absolute atomic E-state index is 5.71. The van der Waals surface area contributed by atoms with E-state index in [-0.39, 0.29) is 12.0 Å². The third kappa shape index (κ3) is 3.07. The average Bonchev–Trinajstić information content (AvgIpc) is 2.88. The first-order valence-corrected chi connectivity index (χ1v) is 6.62. The Morgan fingerprint density at radius 2 is 2.39 bits per heavy atom. The van der Waals surface area contributed by atoms with Crippen molar-refractivity contribution in [2.45, 2.75) is 32.3 Å². The molecule has 18 heavy (non-hydrogen) atoms. The van der Waals surface area contributed by atoms with Gasteiger partial charge in [-0.15, -0.1) is 0 Å². The lowest BCUT2D eigenvalue weighted by molar-refractivity contribution is -0.0350. The van der Waals surface area contributed by atoms with E-state index in [0.717, 1.165) is 32.7 Å². The Morgan fingerprint density at radius 3 is 3.11 bits per heavy atom. The molecule has 0 saturated carbocycles. The third-order valence-corrected chi connectivity index (χ3v) is 3.21. The Bertz CT molecular complexity index is 367. The lowest BCUT2D eigenvalue weighted by Crippen LogP contribution is -2.39. The summed E-state index contributed by atoms with van der Waals surface area (Å²) in [6.45, 7) is 8.29. The van der Waals surface area contributed by atoms with Gasteiger partial charge in [-0.1, -0.05) is 19.0 Å². The third-order valence-electron chi connectivity index (χ3n) is 3.21. The van der Waals surface area contributed by atoms with E-state index in [2.05, 4.69) is 22.0 Å². The molecule has 6 nitrogen and oxygen atoms in total. The van der Waals surface area contributed by atoms with Crippen LogP contribution >= 0.6 is 0 Å². The fourth-order valence-corrected chi connectivity index (χ4v) is 2.06. The first-order chi connectivity index (χ1) is 8.74. The molecule has 0 spiro atoms. The predicted octanol–water partition coefficient (Wildman–Crippen LogP) is 0.915. The van der Waals surface area contributed by atoms with Gasteiger partial charge in [0.15, 0.2) is 0 Å². The molecule has 1 saturated heterocycles. The SMILES string of the molecule is CCCN1CCOC(c2noc(C(C)CN)n2)C1. The average molecular weight is 254 g/mol. The summed E-state index contributed by atoms with van der Waals surface area (Å²) >= 11 is 0. The van der Waals surface area contributed by atoms with Crippen molar-refractivity contribution < 1.29 is 9.26 Å². The molecule has 0 aliphatic carbocycles. The molecule has 1 aromatic heterocycles. The quantitative estimate of drug-likeness (QED) is 0.841. The molecule has 2 rings (SSSR count). The van der Waals surface area contributed by atoms with Gasteiger partial charge in [0.05, 0.1) is 6.61 Å². The summed E-state index contributed by atoms with van der Waals surface area (Å²) < 4.78 is 10.9. The molecule has 0 radical (unpaired) electrons. The van der Waals surface area contributed by atoms with Crippen LogP contribution in [0.3, 0.4) is 0 Å². The highest BCUT2D eigenvalue weighted by Gasteiger charge is 2.26. The van der Waals surface area contributed by atoms with Crippen molar-refractivity contribution in [3.63, 3.8) is 0 Å². The van der Waals surface area contributed by atoms with E-state index < -0.39 is 0 Å². The molecular formula is C12H22N4O2. The van der Waals surface area contributed by atoms with E-state index in [1.54, 1.807) is 0 Å². The molecule has 1 aliphatic heterocycles. The zero-order valence-corrected chi connectivity index (χ0v) is 11.1. The van der Waals surface area contributed by atoms with Crippen molar-refractivity contribution in [2.75, 3.05) is 32.8 Å². The smallest absolute Gasteiger partial charge is 0.230 e. The molecule has 6 heteroatoms. The van der Waals surface area contributed by atoms with Gasteiger partial charge in [-0.2, -0.15) is 4.98 Å². The van der Waals surface area contributed by atoms with Gasteiger partial charge in [-0.05, 0) is 13.0 Å². The normalized spacial score (nSPS) is 23.2. The second-order valence-corrected chi connectivity index (χ2v) is 4.79. The van der Waals surface area contributed by atoms with Crippen molar-refractivity contribution in [1.82, 2.24) is 15.0 Å². The first-order valence-electron chi connectivity index (χ1n) is 6.62. The molecule has 1 aromatic rings. The summed E-state index contributed by atoms with van der Waals surface area (Å²) in [4.78, 5) is 6.76. The predicted molar refractivity (Wildman–Crippen MR) is 67.2 cm³/mol. The van der Waals surface area contributed by atoms with Gasteiger partial charge in [0.2, 0.25) is 11.7 Å². The largest absolute Gasteiger partial charge is 0.367 e. The molecule has 1 aliphatic rings. The minimum atomic E-state index is -0.0761.